The van der Waals surface area contributed by atoms with Crippen LogP contribution in [-0.2, 0) is 9.53 Å². The molecule has 182 valence electrons. The van der Waals surface area contributed by atoms with Gasteiger partial charge in [-0.15, -0.1) is 0 Å². The predicted octanol–water partition coefficient (Wildman–Crippen LogP) is 5.44. The number of rotatable bonds is 6. The molecule has 1 aromatic heterocycles. The Morgan fingerprint density at radius 1 is 1.06 bits per heavy atom. The molecule has 35 heavy (non-hydrogen) atoms. The summed E-state index contributed by atoms with van der Waals surface area (Å²) in [5, 5.41) is 3.73. The number of methoxy groups -OCH3 is 1. The quantitative estimate of drug-likeness (QED) is 0.349. The number of esters is 1. The van der Waals surface area contributed by atoms with Crippen molar-refractivity contribution in [3.63, 3.8) is 0 Å². The number of ether oxygens (including phenoxy) is 1. The Bertz CT molecular complexity index is 1260. The average molecular weight is 514 g/mol. The van der Waals surface area contributed by atoms with Crippen LogP contribution in [0.15, 0.2) is 59.0 Å². The highest BCUT2D eigenvalue weighted by Crippen LogP contribution is 2.34. The molecule has 1 saturated heterocycles. The second kappa shape index (κ2) is 11.0. The van der Waals surface area contributed by atoms with Crippen molar-refractivity contribution in [3.05, 3.63) is 76.0 Å². The summed E-state index contributed by atoms with van der Waals surface area (Å²) in [5.74, 6) is 0.194. The van der Waals surface area contributed by atoms with E-state index in [-0.39, 0.29) is 5.91 Å². The van der Waals surface area contributed by atoms with E-state index in [1.54, 1.807) is 48.5 Å². The molecule has 1 amide bonds. The molecule has 0 radical (unpaired) electrons. The second-order valence-corrected chi connectivity index (χ2v) is 8.92. The zero-order valence-electron chi connectivity index (χ0n) is 19.4. The fourth-order valence-electron chi connectivity index (χ4n) is 3.82. The number of likely N-dealkylation sites (N-methyl/N-ethyl adjacent to an activating group) is 1. The van der Waals surface area contributed by atoms with Crippen LogP contribution in [-0.4, -0.2) is 57.1 Å². The van der Waals surface area contributed by atoms with E-state index in [1.165, 1.54) is 13.2 Å². The number of carbonyl (C=O) groups is 2. The number of furan rings is 1. The summed E-state index contributed by atoms with van der Waals surface area (Å²) in [6, 6.07) is 14.0. The van der Waals surface area contributed by atoms with Gasteiger partial charge < -0.3 is 24.3 Å². The molecule has 1 aliphatic heterocycles. The number of carbonyl (C=O) groups excluding carboxylic acids is 2. The molecule has 4 rings (SSSR count). The van der Waals surface area contributed by atoms with Crippen molar-refractivity contribution < 1.29 is 18.7 Å². The third-order valence-corrected chi connectivity index (χ3v) is 6.58. The van der Waals surface area contributed by atoms with E-state index in [0.29, 0.717) is 38.4 Å². The summed E-state index contributed by atoms with van der Waals surface area (Å²) >= 11 is 12.4. The van der Waals surface area contributed by atoms with Crippen molar-refractivity contribution in [2.24, 2.45) is 0 Å². The second-order valence-electron chi connectivity index (χ2n) is 8.14. The zero-order chi connectivity index (χ0) is 24.9. The predicted molar refractivity (Wildman–Crippen MR) is 139 cm³/mol. The lowest BCUT2D eigenvalue weighted by molar-refractivity contribution is -0.111. The Balaban J connectivity index is 1.52. The maximum Gasteiger partial charge on any atom is 0.337 e. The van der Waals surface area contributed by atoms with Gasteiger partial charge >= 0.3 is 5.97 Å². The molecule has 9 heteroatoms. The molecular formula is C26H25Cl2N3O4. The lowest BCUT2D eigenvalue weighted by Gasteiger charge is -2.35. The first-order chi connectivity index (χ1) is 16.9. The highest BCUT2D eigenvalue weighted by atomic mass is 35.5. The first-order valence-corrected chi connectivity index (χ1v) is 11.8. The molecule has 1 aliphatic rings. The SMILES string of the molecule is COC(=O)c1ccc(N2CCN(C)CC2)c(NC(=O)/C=C/c2ccc(-c3cccc(Cl)c3Cl)o2)c1. The Morgan fingerprint density at radius 2 is 1.83 bits per heavy atom. The molecule has 1 fully saturated rings. The van der Waals surface area contributed by atoms with Crippen molar-refractivity contribution >= 4 is 52.5 Å². The third-order valence-electron chi connectivity index (χ3n) is 5.76. The summed E-state index contributed by atoms with van der Waals surface area (Å²) in [5.41, 5.74) is 2.42. The van der Waals surface area contributed by atoms with Crippen molar-refractivity contribution in [1.29, 1.82) is 0 Å². The van der Waals surface area contributed by atoms with E-state index < -0.39 is 5.97 Å². The van der Waals surface area contributed by atoms with Crippen LogP contribution in [0.25, 0.3) is 17.4 Å². The monoisotopic (exact) mass is 513 g/mol. The summed E-state index contributed by atoms with van der Waals surface area (Å²) < 4.78 is 10.7. The topological polar surface area (TPSA) is 75.0 Å². The lowest BCUT2D eigenvalue weighted by Crippen LogP contribution is -2.44. The zero-order valence-corrected chi connectivity index (χ0v) is 20.9. The van der Waals surface area contributed by atoms with E-state index in [9.17, 15) is 9.59 Å². The summed E-state index contributed by atoms with van der Waals surface area (Å²) in [4.78, 5) is 29.3. The fourth-order valence-corrected chi connectivity index (χ4v) is 4.21. The van der Waals surface area contributed by atoms with Gasteiger partial charge in [0.1, 0.15) is 11.5 Å². The van der Waals surface area contributed by atoms with E-state index in [2.05, 4.69) is 22.2 Å². The lowest BCUT2D eigenvalue weighted by atomic mass is 10.1. The van der Waals surface area contributed by atoms with Crippen LogP contribution in [0.4, 0.5) is 11.4 Å². The van der Waals surface area contributed by atoms with Gasteiger partial charge in [0, 0.05) is 37.8 Å². The Morgan fingerprint density at radius 3 is 2.57 bits per heavy atom. The average Bonchev–Trinajstić information content (AvgIpc) is 3.33. The number of halogens is 2. The minimum Gasteiger partial charge on any atom is -0.465 e. The number of anilines is 2. The Hall–Kier alpha value is -3.26. The van der Waals surface area contributed by atoms with E-state index >= 15 is 0 Å². The van der Waals surface area contributed by atoms with Gasteiger partial charge in [-0.3, -0.25) is 4.79 Å². The molecule has 0 aliphatic carbocycles. The van der Waals surface area contributed by atoms with Crippen LogP contribution in [0.2, 0.25) is 10.0 Å². The van der Waals surface area contributed by atoms with Crippen LogP contribution in [0.5, 0.6) is 0 Å². The summed E-state index contributed by atoms with van der Waals surface area (Å²) in [6.07, 6.45) is 2.94. The van der Waals surface area contributed by atoms with Gasteiger partial charge in [-0.05, 0) is 55.6 Å². The van der Waals surface area contributed by atoms with E-state index in [0.717, 1.165) is 31.9 Å². The molecule has 7 nitrogen and oxygen atoms in total. The minimum atomic E-state index is -0.469. The third kappa shape index (κ3) is 5.88. The maximum atomic E-state index is 12.8. The first-order valence-electron chi connectivity index (χ1n) is 11.0. The van der Waals surface area contributed by atoms with Gasteiger partial charge in [-0.1, -0.05) is 29.3 Å². The molecule has 0 saturated carbocycles. The van der Waals surface area contributed by atoms with Gasteiger partial charge in [-0.2, -0.15) is 0 Å². The normalized spacial score (nSPS) is 14.3. The standard InChI is InChI=1S/C26H25Cl2N3O4/c1-30-12-14-31(15-13-30)22-9-6-17(26(33)34-2)16-21(22)29-24(32)11-8-18-7-10-23(35-18)19-4-3-5-20(27)25(19)28/h3-11,16H,12-15H2,1-2H3,(H,29,32)/b11-8+. The van der Waals surface area contributed by atoms with Crippen LogP contribution in [0, 0.1) is 0 Å². The molecular weight excluding hydrogens is 489 g/mol. The Kier molecular flexibility index (Phi) is 7.80. The van der Waals surface area contributed by atoms with Gasteiger partial charge in [0.25, 0.3) is 0 Å². The summed E-state index contributed by atoms with van der Waals surface area (Å²) in [6.45, 7) is 3.44. The van der Waals surface area contributed by atoms with Crippen LogP contribution < -0.4 is 10.2 Å². The van der Waals surface area contributed by atoms with Crippen molar-refractivity contribution in [3.8, 4) is 11.3 Å². The van der Waals surface area contributed by atoms with Crippen LogP contribution >= 0.6 is 23.2 Å². The van der Waals surface area contributed by atoms with Crippen molar-refractivity contribution in [2.45, 2.75) is 0 Å². The maximum absolute atomic E-state index is 12.8. The van der Waals surface area contributed by atoms with Crippen molar-refractivity contribution in [2.75, 3.05) is 50.6 Å². The molecule has 2 aromatic carbocycles. The van der Waals surface area contributed by atoms with Gasteiger partial charge in [0.05, 0.1) is 34.1 Å². The van der Waals surface area contributed by atoms with Gasteiger partial charge in [-0.25, -0.2) is 4.79 Å². The summed E-state index contributed by atoms with van der Waals surface area (Å²) in [7, 11) is 3.40. The molecule has 2 heterocycles. The molecule has 0 unspecified atom stereocenters. The molecule has 0 atom stereocenters. The molecule has 0 spiro atoms. The highest BCUT2D eigenvalue weighted by Gasteiger charge is 2.19. The molecule has 0 bridgehead atoms. The molecule has 1 N–H and O–H groups in total. The van der Waals surface area contributed by atoms with E-state index in [4.69, 9.17) is 32.4 Å². The van der Waals surface area contributed by atoms with Crippen molar-refractivity contribution in [1.82, 2.24) is 4.90 Å². The van der Waals surface area contributed by atoms with E-state index in [1.807, 2.05) is 6.07 Å². The minimum absolute atomic E-state index is 0.360. The first kappa shape index (κ1) is 24.9. The number of nitrogens with one attached hydrogen (secondary N) is 1. The Labute approximate surface area is 213 Å². The number of hydrogen-bond acceptors (Lipinski definition) is 6. The smallest absolute Gasteiger partial charge is 0.337 e. The van der Waals surface area contributed by atoms with Crippen LogP contribution in [0.3, 0.4) is 0 Å². The molecule has 3 aromatic rings. The number of amides is 1. The number of piperazine rings is 1. The van der Waals surface area contributed by atoms with Gasteiger partial charge in [0.2, 0.25) is 5.91 Å². The fraction of sp³-hybridized carbons (Fsp3) is 0.231. The number of benzene rings is 2. The van der Waals surface area contributed by atoms with Crippen LogP contribution in [0.1, 0.15) is 16.1 Å². The highest BCUT2D eigenvalue weighted by molar-refractivity contribution is 6.43. The van der Waals surface area contributed by atoms with Gasteiger partial charge in [0.15, 0.2) is 0 Å². The number of nitrogens with zero attached hydrogens (tertiary/aromatic N) is 2. The largest absolute Gasteiger partial charge is 0.465 e. The number of hydrogen-bond donors (Lipinski definition) is 1.